The molecule has 0 unspecified atom stereocenters. The molecule has 19 heavy (non-hydrogen) atoms. The molecule has 0 amide bonds. The number of nitrogens with zero attached hydrogens (tertiary/aromatic N) is 2. The van der Waals surface area contributed by atoms with Crippen LogP contribution in [0.5, 0.6) is 0 Å². The Morgan fingerprint density at radius 2 is 2.32 bits per heavy atom. The second-order valence-corrected chi connectivity index (χ2v) is 5.74. The van der Waals surface area contributed by atoms with Crippen LogP contribution in [0.4, 0.5) is 0 Å². The van der Waals surface area contributed by atoms with E-state index < -0.39 is 0 Å². The maximum atomic E-state index is 10.8. The van der Waals surface area contributed by atoms with Gasteiger partial charge in [-0.15, -0.1) is 0 Å². The SMILES string of the molecule is C/C(=C\c1c2n(c3ccc(Br)cc13)CCC2)[N+](=O)[O-]. The molecule has 0 saturated carbocycles. The lowest BCUT2D eigenvalue weighted by molar-refractivity contribution is -0.422. The Labute approximate surface area is 119 Å². The fourth-order valence-electron chi connectivity index (χ4n) is 2.76. The quantitative estimate of drug-likeness (QED) is 0.620. The van der Waals surface area contributed by atoms with E-state index in [1.165, 1.54) is 5.69 Å². The van der Waals surface area contributed by atoms with Crippen molar-refractivity contribution < 1.29 is 4.92 Å². The van der Waals surface area contributed by atoms with E-state index in [1.807, 2.05) is 12.1 Å². The molecule has 5 heteroatoms. The summed E-state index contributed by atoms with van der Waals surface area (Å²) >= 11 is 3.47. The molecule has 98 valence electrons. The first-order chi connectivity index (χ1) is 9.08. The molecule has 0 N–H and O–H groups in total. The van der Waals surface area contributed by atoms with E-state index in [2.05, 4.69) is 26.6 Å². The second kappa shape index (κ2) is 4.49. The number of hydrogen-bond acceptors (Lipinski definition) is 2. The number of fused-ring (bicyclic) bond motifs is 3. The summed E-state index contributed by atoms with van der Waals surface area (Å²) in [6.07, 6.45) is 3.80. The average Bonchev–Trinajstić information content (AvgIpc) is 2.92. The van der Waals surface area contributed by atoms with E-state index >= 15 is 0 Å². The zero-order valence-corrected chi connectivity index (χ0v) is 12.1. The minimum absolute atomic E-state index is 0.183. The molecule has 2 heterocycles. The summed E-state index contributed by atoms with van der Waals surface area (Å²) in [7, 11) is 0. The highest BCUT2D eigenvalue weighted by atomic mass is 79.9. The number of allylic oxidation sites excluding steroid dienone is 1. The van der Waals surface area contributed by atoms with Gasteiger partial charge in [0.1, 0.15) is 0 Å². The van der Waals surface area contributed by atoms with Crippen molar-refractivity contribution in [3.63, 3.8) is 0 Å². The van der Waals surface area contributed by atoms with Gasteiger partial charge < -0.3 is 4.57 Å². The third-order valence-electron chi connectivity index (χ3n) is 3.61. The smallest absolute Gasteiger partial charge is 0.243 e. The lowest BCUT2D eigenvalue weighted by Crippen LogP contribution is -1.94. The lowest BCUT2D eigenvalue weighted by atomic mass is 10.1. The van der Waals surface area contributed by atoms with E-state index in [0.717, 1.165) is 40.3 Å². The summed E-state index contributed by atoms with van der Waals surface area (Å²) in [6.45, 7) is 2.54. The largest absolute Gasteiger partial charge is 0.344 e. The topological polar surface area (TPSA) is 48.1 Å². The predicted octanol–water partition coefficient (Wildman–Crippen LogP) is 3.99. The second-order valence-electron chi connectivity index (χ2n) is 4.82. The third kappa shape index (κ3) is 1.98. The Hall–Kier alpha value is -1.62. The molecule has 0 spiro atoms. The molecule has 0 fully saturated rings. The normalized spacial score (nSPS) is 14.9. The van der Waals surface area contributed by atoms with Gasteiger partial charge in [0.05, 0.1) is 4.92 Å². The molecule has 4 nitrogen and oxygen atoms in total. The maximum absolute atomic E-state index is 10.8. The highest BCUT2D eigenvalue weighted by Crippen LogP contribution is 2.34. The summed E-state index contributed by atoms with van der Waals surface area (Å²) in [6, 6.07) is 6.13. The van der Waals surface area contributed by atoms with Crippen LogP contribution in [0.15, 0.2) is 28.4 Å². The van der Waals surface area contributed by atoms with Crippen LogP contribution in [0, 0.1) is 10.1 Å². The summed E-state index contributed by atoms with van der Waals surface area (Å²) < 4.78 is 3.28. The third-order valence-corrected chi connectivity index (χ3v) is 4.11. The van der Waals surface area contributed by atoms with Crippen molar-refractivity contribution in [2.45, 2.75) is 26.3 Å². The van der Waals surface area contributed by atoms with Gasteiger partial charge in [0.15, 0.2) is 0 Å². The van der Waals surface area contributed by atoms with Crippen molar-refractivity contribution in [3.05, 3.63) is 49.7 Å². The van der Waals surface area contributed by atoms with Gasteiger partial charge in [-0.1, -0.05) is 15.9 Å². The van der Waals surface area contributed by atoms with E-state index in [1.54, 1.807) is 13.0 Å². The minimum atomic E-state index is -0.331. The molecule has 3 rings (SSSR count). The van der Waals surface area contributed by atoms with Crippen LogP contribution in [0.3, 0.4) is 0 Å². The van der Waals surface area contributed by atoms with Crippen LogP contribution >= 0.6 is 15.9 Å². The molecule has 1 aliphatic heterocycles. The van der Waals surface area contributed by atoms with Gasteiger partial charge in [0.2, 0.25) is 5.70 Å². The fraction of sp³-hybridized carbons (Fsp3) is 0.286. The molecule has 1 aliphatic rings. The number of nitro groups is 1. The van der Waals surface area contributed by atoms with E-state index in [9.17, 15) is 10.1 Å². The van der Waals surface area contributed by atoms with Crippen LogP contribution < -0.4 is 0 Å². The van der Waals surface area contributed by atoms with Gasteiger partial charge in [-0.25, -0.2) is 0 Å². The molecule has 0 radical (unpaired) electrons. The van der Waals surface area contributed by atoms with Crippen LogP contribution in [-0.4, -0.2) is 9.49 Å². The molecule has 0 aliphatic carbocycles. The molecular formula is C14H13BrN2O2. The number of halogens is 1. The van der Waals surface area contributed by atoms with Gasteiger partial charge in [0.25, 0.3) is 0 Å². The van der Waals surface area contributed by atoms with Gasteiger partial charge in [-0.3, -0.25) is 10.1 Å². The Bertz CT molecular complexity index is 716. The fourth-order valence-corrected chi connectivity index (χ4v) is 3.12. The standard InChI is InChI=1S/C14H13BrN2O2/c1-9(17(18)19)7-11-12-8-10(15)4-5-14(12)16-6-2-3-13(11)16/h4-5,7-8H,2-3,6H2,1H3/b9-7+. The minimum Gasteiger partial charge on any atom is -0.344 e. The van der Waals surface area contributed by atoms with E-state index in [-0.39, 0.29) is 10.6 Å². The Morgan fingerprint density at radius 1 is 1.53 bits per heavy atom. The molecule has 0 atom stereocenters. The summed E-state index contributed by atoms with van der Waals surface area (Å²) in [4.78, 5) is 10.5. The molecule has 2 aromatic rings. The number of benzene rings is 1. The first-order valence-electron chi connectivity index (χ1n) is 6.21. The molecule has 0 bridgehead atoms. The van der Waals surface area contributed by atoms with Crippen molar-refractivity contribution in [2.75, 3.05) is 0 Å². The maximum Gasteiger partial charge on any atom is 0.243 e. The van der Waals surface area contributed by atoms with Crippen molar-refractivity contribution in [2.24, 2.45) is 0 Å². The summed E-state index contributed by atoms with van der Waals surface area (Å²) in [5.41, 5.74) is 3.57. The van der Waals surface area contributed by atoms with Crippen molar-refractivity contribution in [3.8, 4) is 0 Å². The predicted molar refractivity (Wildman–Crippen MR) is 78.6 cm³/mol. The van der Waals surface area contributed by atoms with Crippen molar-refractivity contribution in [1.29, 1.82) is 0 Å². The van der Waals surface area contributed by atoms with E-state index in [4.69, 9.17) is 0 Å². The Balaban J connectivity index is 2.31. The first-order valence-corrected chi connectivity index (χ1v) is 7.00. The Kier molecular flexibility index (Phi) is 2.93. The van der Waals surface area contributed by atoms with Crippen LogP contribution in [-0.2, 0) is 13.0 Å². The van der Waals surface area contributed by atoms with Gasteiger partial charge in [-0.2, -0.15) is 0 Å². The van der Waals surface area contributed by atoms with Crippen molar-refractivity contribution in [1.82, 2.24) is 4.57 Å². The van der Waals surface area contributed by atoms with Crippen LogP contribution in [0.25, 0.3) is 17.0 Å². The van der Waals surface area contributed by atoms with Gasteiger partial charge in [-0.05, 0) is 31.0 Å². The Morgan fingerprint density at radius 3 is 3.05 bits per heavy atom. The number of hydrogen-bond donors (Lipinski definition) is 0. The van der Waals surface area contributed by atoms with Gasteiger partial charge in [0, 0.05) is 46.2 Å². The molecule has 1 aromatic heterocycles. The number of rotatable bonds is 2. The summed E-state index contributed by atoms with van der Waals surface area (Å²) in [5.74, 6) is 0. The highest BCUT2D eigenvalue weighted by molar-refractivity contribution is 9.10. The monoisotopic (exact) mass is 320 g/mol. The van der Waals surface area contributed by atoms with E-state index in [0.29, 0.717) is 0 Å². The molecule has 1 aromatic carbocycles. The number of aryl methyl sites for hydroxylation is 1. The van der Waals surface area contributed by atoms with Crippen LogP contribution in [0.1, 0.15) is 24.6 Å². The highest BCUT2D eigenvalue weighted by Gasteiger charge is 2.21. The summed E-state index contributed by atoms with van der Waals surface area (Å²) in [5, 5.41) is 11.9. The zero-order chi connectivity index (χ0) is 13.6. The van der Waals surface area contributed by atoms with Gasteiger partial charge >= 0.3 is 0 Å². The lowest BCUT2D eigenvalue weighted by Gasteiger charge is -1.99. The molecular weight excluding hydrogens is 308 g/mol. The van der Waals surface area contributed by atoms with Crippen LogP contribution in [0.2, 0.25) is 0 Å². The first kappa shape index (κ1) is 12.4. The average molecular weight is 321 g/mol. The zero-order valence-electron chi connectivity index (χ0n) is 10.5. The molecule has 0 saturated heterocycles. The number of aromatic nitrogens is 1. The van der Waals surface area contributed by atoms with Crippen molar-refractivity contribution >= 4 is 32.9 Å².